The number of imide groups is 2. The number of nitro groups is 1. The van der Waals surface area contributed by atoms with Crippen LogP contribution in [0.2, 0.25) is 0 Å². The SMILES string of the molecule is COc1cc(C=CC2C3=CCC4C(=O)N(c5ccc([N+](=O)[O-])cc5)C(=O)C4C3CC3C(=O)N(c4ccccc4)C(=O)C23C)ccc1O. The van der Waals surface area contributed by atoms with Gasteiger partial charge in [-0.3, -0.25) is 34.2 Å². The van der Waals surface area contributed by atoms with Crippen molar-refractivity contribution in [3.63, 3.8) is 0 Å². The van der Waals surface area contributed by atoms with Crippen LogP contribution in [0.25, 0.3) is 6.08 Å². The second-order valence-electron chi connectivity index (χ2n) is 12.6. The van der Waals surface area contributed by atoms with Crippen LogP contribution in [0.15, 0.2) is 90.5 Å². The van der Waals surface area contributed by atoms with Gasteiger partial charge in [-0.25, -0.2) is 4.90 Å². The van der Waals surface area contributed by atoms with Crippen LogP contribution < -0.4 is 14.5 Å². The maximum absolute atomic E-state index is 14.4. The number of anilines is 2. The van der Waals surface area contributed by atoms with Crippen molar-refractivity contribution >= 4 is 46.8 Å². The average molecular weight is 634 g/mol. The van der Waals surface area contributed by atoms with Crippen molar-refractivity contribution in [2.75, 3.05) is 16.9 Å². The van der Waals surface area contributed by atoms with E-state index in [1.165, 1.54) is 42.3 Å². The molecule has 3 aromatic carbocycles. The molecule has 11 nitrogen and oxygen atoms in total. The van der Waals surface area contributed by atoms with Gasteiger partial charge in [-0.2, -0.15) is 0 Å². The van der Waals surface area contributed by atoms with Crippen LogP contribution in [0.5, 0.6) is 11.5 Å². The van der Waals surface area contributed by atoms with E-state index in [1.54, 1.807) is 49.4 Å². The number of carbonyl (C=O) groups is 4. The Balaban J connectivity index is 1.31. The van der Waals surface area contributed by atoms with E-state index in [-0.39, 0.29) is 53.4 Å². The first-order chi connectivity index (χ1) is 22.6. The number of benzene rings is 3. The molecule has 7 rings (SSSR count). The largest absolute Gasteiger partial charge is 0.504 e. The Hall–Kier alpha value is -5.58. The molecule has 0 spiro atoms. The average Bonchev–Trinajstić information content (AvgIpc) is 3.44. The highest BCUT2D eigenvalue weighted by Crippen LogP contribution is 2.61. The molecule has 238 valence electrons. The summed E-state index contributed by atoms with van der Waals surface area (Å²) in [6.45, 7) is 1.81. The molecule has 2 heterocycles. The molecular formula is C36H31N3O8. The Labute approximate surface area is 269 Å². The molecule has 1 saturated carbocycles. The maximum atomic E-state index is 14.4. The van der Waals surface area contributed by atoms with Gasteiger partial charge in [-0.15, -0.1) is 0 Å². The predicted octanol–water partition coefficient (Wildman–Crippen LogP) is 5.29. The smallest absolute Gasteiger partial charge is 0.269 e. The zero-order valence-electron chi connectivity index (χ0n) is 25.6. The minimum absolute atomic E-state index is 0.0208. The van der Waals surface area contributed by atoms with Crippen molar-refractivity contribution in [1.82, 2.24) is 0 Å². The van der Waals surface area contributed by atoms with Crippen molar-refractivity contribution in [1.29, 1.82) is 0 Å². The fourth-order valence-corrected chi connectivity index (χ4v) is 8.02. The van der Waals surface area contributed by atoms with Gasteiger partial charge in [0.15, 0.2) is 11.5 Å². The highest BCUT2D eigenvalue weighted by molar-refractivity contribution is 6.25. The number of allylic oxidation sites excluding steroid dienone is 3. The lowest BCUT2D eigenvalue weighted by Gasteiger charge is -2.47. The van der Waals surface area contributed by atoms with Gasteiger partial charge in [0.25, 0.3) is 5.69 Å². The number of para-hydroxylation sites is 1. The molecular weight excluding hydrogens is 602 g/mol. The normalized spacial score (nSPS) is 28.3. The zero-order chi connectivity index (χ0) is 33.2. The first kappa shape index (κ1) is 30.1. The lowest BCUT2D eigenvalue weighted by molar-refractivity contribution is -0.384. The van der Waals surface area contributed by atoms with Gasteiger partial charge >= 0.3 is 0 Å². The zero-order valence-corrected chi connectivity index (χ0v) is 25.6. The standard InChI is InChI=1S/C36H31N3O8/c1-36-27(16-8-20-9-17-29(40)30(18-20)47-2)24-14-15-25-31(34(43)37(32(25)41)22-10-12-23(13-11-22)39(45)46)26(24)19-28(36)33(42)38(35(36)44)21-6-4-3-5-7-21/h3-14,16-18,25-28,31,40H,15,19H2,1-2H3. The van der Waals surface area contributed by atoms with Gasteiger partial charge in [0.1, 0.15) is 0 Å². The number of methoxy groups -OCH3 is 1. The molecule has 0 radical (unpaired) electrons. The molecule has 2 aliphatic carbocycles. The van der Waals surface area contributed by atoms with Crippen LogP contribution in [0.4, 0.5) is 17.1 Å². The number of rotatable bonds is 6. The second kappa shape index (κ2) is 11.0. The molecule has 4 aliphatic rings. The summed E-state index contributed by atoms with van der Waals surface area (Å²) in [5, 5.41) is 21.3. The molecule has 3 aromatic rings. The maximum Gasteiger partial charge on any atom is 0.269 e. The highest BCUT2D eigenvalue weighted by Gasteiger charge is 2.66. The van der Waals surface area contributed by atoms with Crippen molar-refractivity contribution in [3.05, 3.63) is 106 Å². The molecule has 0 aromatic heterocycles. The van der Waals surface area contributed by atoms with E-state index in [0.29, 0.717) is 11.3 Å². The summed E-state index contributed by atoms with van der Waals surface area (Å²) in [5.41, 5.74) is 0.912. The van der Waals surface area contributed by atoms with Crippen LogP contribution in [0.3, 0.4) is 0 Å². The molecule has 6 unspecified atom stereocenters. The van der Waals surface area contributed by atoms with Gasteiger partial charge in [0.05, 0.1) is 46.6 Å². The highest BCUT2D eigenvalue weighted by atomic mass is 16.6. The number of fused-ring (bicyclic) bond motifs is 4. The Kier molecular flexibility index (Phi) is 7.07. The fourth-order valence-electron chi connectivity index (χ4n) is 8.02. The number of nitro benzene ring substituents is 1. The fraction of sp³-hybridized carbons (Fsp3) is 0.278. The summed E-state index contributed by atoms with van der Waals surface area (Å²) in [6, 6.07) is 18.9. The number of phenols is 1. The van der Waals surface area contributed by atoms with E-state index in [2.05, 4.69) is 0 Å². The van der Waals surface area contributed by atoms with Crippen LogP contribution in [0.1, 0.15) is 25.3 Å². The third-order valence-corrected chi connectivity index (χ3v) is 10.4. The van der Waals surface area contributed by atoms with Crippen LogP contribution >= 0.6 is 0 Å². The van der Waals surface area contributed by atoms with E-state index < -0.39 is 45.8 Å². The first-order valence-corrected chi connectivity index (χ1v) is 15.4. The quantitative estimate of drug-likeness (QED) is 0.167. The molecule has 2 aliphatic heterocycles. The summed E-state index contributed by atoms with van der Waals surface area (Å²) in [4.78, 5) is 69.4. The molecule has 1 N–H and O–H groups in total. The molecule has 47 heavy (non-hydrogen) atoms. The predicted molar refractivity (Wildman–Crippen MR) is 171 cm³/mol. The van der Waals surface area contributed by atoms with E-state index in [1.807, 2.05) is 18.2 Å². The van der Waals surface area contributed by atoms with Gasteiger partial charge in [-0.1, -0.05) is 48.1 Å². The Morgan fingerprint density at radius 1 is 0.915 bits per heavy atom. The van der Waals surface area contributed by atoms with E-state index in [0.717, 1.165) is 10.5 Å². The number of ether oxygens (including phenoxy) is 1. The number of amides is 4. The minimum Gasteiger partial charge on any atom is -0.504 e. The number of phenolic OH excluding ortho intramolecular Hbond substituents is 1. The molecule has 3 fully saturated rings. The Bertz CT molecular complexity index is 1900. The van der Waals surface area contributed by atoms with Crippen LogP contribution in [-0.2, 0) is 19.2 Å². The van der Waals surface area contributed by atoms with Crippen molar-refractivity contribution in [3.8, 4) is 11.5 Å². The summed E-state index contributed by atoms with van der Waals surface area (Å²) in [5.74, 6) is -4.52. The number of carbonyl (C=O) groups excluding carboxylic acids is 4. The van der Waals surface area contributed by atoms with Gasteiger partial charge in [-0.05, 0) is 67.6 Å². The van der Waals surface area contributed by atoms with E-state index in [9.17, 15) is 34.4 Å². The van der Waals surface area contributed by atoms with Crippen LogP contribution in [0, 0.1) is 45.1 Å². The topological polar surface area (TPSA) is 147 Å². The monoisotopic (exact) mass is 633 g/mol. The summed E-state index contributed by atoms with van der Waals surface area (Å²) in [7, 11) is 1.45. The number of hydrogen-bond donors (Lipinski definition) is 1. The van der Waals surface area contributed by atoms with Gasteiger partial charge in [0, 0.05) is 18.1 Å². The van der Waals surface area contributed by atoms with E-state index in [4.69, 9.17) is 4.74 Å². The van der Waals surface area contributed by atoms with E-state index >= 15 is 0 Å². The van der Waals surface area contributed by atoms with Crippen LogP contribution in [-0.4, -0.2) is 40.8 Å². The lowest BCUT2D eigenvalue weighted by atomic mass is 9.52. The Morgan fingerprint density at radius 3 is 2.30 bits per heavy atom. The lowest BCUT2D eigenvalue weighted by Crippen LogP contribution is -2.49. The van der Waals surface area contributed by atoms with Gasteiger partial charge < -0.3 is 9.84 Å². The molecule has 11 heteroatoms. The number of nitrogens with zero attached hydrogens (tertiary/aromatic N) is 3. The van der Waals surface area contributed by atoms with Crippen molar-refractivity contribution < 1.29 is 33.9 Å². The van der Waals surface area contributed by atoms with Gasteiger partial charge in [0.2, 0.25) is 23.6 Å². The third-order valence-electron chi connectivity index (χ3n) is 10.4. The van der Waals surface area contributed by atoms with Crippen molar-refractivity contribution in [2.45, 2.75) is 19.8 Å². The number of aromatic hydroxyl groups is 1. The summed E-state index contributed by atoms with van der Waals surface area (Å²) < 4.78 is 5.27. The number of non-ortho nitro benzene ring substituents is 1. The second-order valence-corrected chi connectivity index (χ2v) is 12.6. The summed E-state index contributed by atoms with van der Waals surface area (Å²) >= 11 is 0. The number of hydrogen-bond acceptors (Lipinski definition) is 8. The molecule has 6 atom stereocenters. The van der Waals surface area contributed by atoms with Crippen molar-refractivity contribution in [2.24, 2.45) is 35.0 Å². The molecule has 2 saturated heterocycles. The third kappa shape index (κ3) is 4.48. The molecule has 0 bridgehead atoms. The minimum atomic E-state index is -1.18. The molecule has 4 amide bonds. The summed E-state index contributed by atoms with van der Waals surface area (Å²) in [6.07, 6.45) is 6.13. The first-order valence-electron chi connectivity index (χ1n) is 15.4. The Morgan fingerprint density at radius 2 is 1.62 bits per heavy atom.